The molecule has 0 aliphatic heterocycles. The van der Waals surface area contributed by atoms with Crippen LogP contribution in [-0.2, 0) is 16.1 Å². The smallest absolute Gasteiger partial charge is 0.327 e. The Morgan fingerprint density at radius 3 is 2.76 bits per heavy atom. The van der Waals surface area contributed by atoms with Gasteiger partial charge >= 0.3 is 5.97 Å². The lowest BCUT2D eigenvalue weighted by molar-refractivity contribution is -0.141. The molecule has 0 bridgehead atoms. The Kier molecular flexibility index (Phi) is 6.64. The second-order valence-corrected chi connectivity index (χ2v) is 5.30. The molecular weight excluding hydrogens is 298 g/mol. The SMILES string of the molecule is COC(=O)Cn1ncc(NC(CCO)C(C)C)c(Cl)c1=O. The molecule has 0 spiro atoms. The van der Waals surface area contributed by atoms with Crippen LogP contribution in [0.15, 0.2) is 11.0 Å². The quantitative estimate of drug-likeness (QED) is 0.725. The molecule has 118 valence electrons. The zero-order valence-corrected chi connectivity index (χ0v) is 13.1. The number of rotatable bonds is 7. The van der Waals surface area contributed by atoms with Crippen LogP contribution in [0, 0.1) is 5.92 Å². The van der Waals surface area contributed by atoms with Gasteiger partial charge in [0.2, 0.25) is 0 Å². The average Bonchev–Trinajstić information content (AvgIpc) is 2.45. The van der Waals surface area contributed by atoms with Gasteiger partial charge in [0.25, 0.3) is 5.56 Å². The lowest BCUT2D eigenvalue weighted by atomic mass is 10.0. The van der Waals surface area contributed by atoms with Crippen molar-refractivity contribution in [3.63, 3.8) is 0 Å². The van der Waals surface area contributed by atoms with Crippen molar-refractivity contribution in [3.8, 4) is 0 Å². The van der Waals surface area contributed by atoms with E-state index < -0.39 is 11.5 Å². The third-order valence-electron chi connectivity index (χ3n) is 3.08. The fourth-order valence-electron chi connectivity index (χ4n) is 1.78. The number of nitrogens with one attached hydrogen (secondary N) is 1. The summed E-state index contributed by atoms with van der Waals surface area (Å²) in [5, 5.41) is 16.0. The molecule has 0 radical (unpaired) electrons. The Labute approximate surface area is 127 Å². The first kappa shape index (κ1) is 17.5. The molecule has 2 N–H and O–H groups in total. The maximum atomic E-state index is 12.0. The molecule has 0 saturated carbocycles. The van der Waals surface area contributed by atoms with E-state index in [1.807, 2.05) is 13.8 Å². The largest absolute Gasteiger partial charge is 0.468 e. The zero-order valence-electron chi connectivity index (χ0n) is 12.3. The van der Waals surface area contributed by atoms with Crippen LogP contribution in [-0.4, -0.2) is 40.6 Å². The van der Waals surface area contributed by atoms with Crippen molar-refractivity contribution in [3.05, 3.63) is 21.6 Å². The van der Waals surface area contributed by atoms with Gasteiger partial charge in [-0.25, -0.2) is 4.68 Å². The number of hydrogen-bond donors (Lipinski definition) is 2. The van der Waals surface area contributed by atoms with Gasteiger partial charge in [0.15, 0.2) is 0 Å². The van der Waals surface area contributed by atoms with Crippen LogP contribution in [0.5, 0.6) is 0 Å². The van der Waals surface area contributed by atoms with Gasteiger partial charge in [-0.2, -0.15) is 5.10 Å². The molecule has 0 aliphatic rings. The van der Waals surface area contributed by atoms with Crippen LogP contribution in [0.2, 0.25) is 5.02 Å². The summed E-state index contributed by atoms with van der Waals surface area (Å²) in [6, 6.07) is -0.0369. The molecule has 1 rings (SSSR count). The van der Waals surface area contributed by atoms with E-state index in [-0.39, 0.29) is 30.1 Å². The van der Waals surface area contributed by atoms with E-state index in [9.17, 15) is 9.59 Å². The van der Waals surface area contributed by atoms with E-state index in [0.29, 0.717) is 12.1 Å². The predicted octanol–water partition coefficient (Wildman–Crippen LogP) is 0.889. The van der Waals surface area contributed by atoms with Gasteiger partial charge in [-0.15, -0.1) is 0 Å². The Morgan fingerprint density at radius 2 is 2.24 bits per heavy atom. The fourth-order valence-corrected chi connectivity index (χ4v) is 1.98. The molecule has 1 aromatic heterocycles. The van der Waals surface area contributed by atoms with Crippen LogP contribution in [0.1, 0.15) is 20.3 Å². The van der Waals surface area contributed by atoms with Gasteiger partial charge in [-0.1, -0.05) is 25.4 Å². The molecule has 1 aromatic rings. The van der Waals surface area contributed by atoms with Crippen LogP contribution in [0.4, 0.5) is 5.69 Å². The van der Waals surface area contributed by atoms with E-state index in [2.05, 4.69) is 15.2 Å². The number of carbonyl (C=O) groups is 1. The van der Waals surface area contributed by atoms with Crippen molar-refractivity contribution in [1.29, 1.82) is 0 Å². The number of nitrogens with zero attached hydrogens (tertiary/aromatic N) is 2. The first-order chi connectivity index (χ1) is 9.90. The van der Waals surface area contributed by atoms with Gasteiger partial charge < -0.3 is 15.2 Å². The normalized spacial score (nSPS) is 12.3. The Morgan fingerprint density at radius 1 is 1.57 bits per heavy atom. The molecule has 8 heteroatoms. The first-order valence-electron chi connectivity index (χ1n) is 6.60. The van der Waals surface area contributed by atoms with Crippen molar-refractivity contribution < 1.29 is 14.6 Å². The third kappa shape index (κ3) is 4.71. The molecule has 0 aromatic carbocycles. The molecular formula is C13H20ClN3O4. The number of anilines is 1. The van der Waals surface area contributed by atoms with Gasteiger partial charge in [-0.3, -0.25) is 9.59 Å². The highest BCUT2D eigenvalue weighted by Gasteiger charge is 2.17. The van der Waals surface area contributed by atoms with E-state index in [1.54, 1.807) is 0 Å². The topological polar surface area (TPSA) is 93.5 Å². The molecule has 7 nitrogen and oxygen atoms in total. The number of aromatic nitrogens is 2. The summed E-state index contributed by atoms with van der Waals surface area (Å²) in [7, 11) is 1.23. The summed E-state index contributed by atoms with van der Waals surface area (Å²) in [6.45, 7) is 3.72. The van der Waals surface area contributed by atoms with Gasteiger partial charge in [0.05, 0.1) is 19.0 Å². The fraction of sp³-hybridized carbons (Fsp3) is 0.615. The number of carbonyl (C=O) groups excluding carboxylic acids is 1. The van der Waals surface area contributed by atoms with E-state index in [0.717, 1.165) is 4.68 Å². The highest BCUT2D eigenvalue weighted by atomic mass is 35.5. The number of methoxy groups -OCH3 is 1. The molecule has 0 saturated heterocycles. The lowest BCUT2D eigenvalue weighted by Gasteiger charge is -2.23. The highest BCUT2D eigenvalue weighted by molar-refractivity contribution is 6.32. The number of aliphatic hydroxyl groups is 1. The Balaban J connectivity index is 2.98. The minimum Gasteiger partial charge on any atom is -0.468 e. The number of aliphatic hydroxyl groups excluding tert-OH is 1. The summed E-state index contributed by atoms with van der Waals surface area (Å²) in [4.78, 5) is 23.2. The lowest BCUT2D eigenvalue weighted by Crippen LogP contribution is -2.31. The van der Waals surface area contributed by atoms with Crippen molar-refractivity contribution in [2.75, 3.05) is 19.0 Å². The molecule has 0 amide bonds. The van der Waals surface area contributed by atoms with Crippen molar-refractivity contribution in [1.82, 2.24) is 9.78 Å². The van der Waals surface area contributed by atoms with E-state index in [1.165, 1.54) is 13.3 Å². The van der Waals surface area contributed by atoms with E-state index in [4.69, 9.17) is 16.7 Å². The highest BCUT2D eigenvalue weighted by Crippen LogP contribution is 2.20. The van der Waals surface area contributed by atoms with Crippen molar-refractivity contribution in [2.45, 2.75) is 32.9 Å². The van der Waals surface area contributed by atoms with E-state index >= 15 is 0 Å². The van der Waals surface area contributed by atoms with Crippen molar-refractivity contribution >= 4 is 23.3 Å². The summed E-state index contributed by atoms with van der Waals surface area (Å²) in [5.74, 6) is -0.340. The summed E-state index contributed by atoms with van der Waals surface area (Å²) in [5.41, 5.74) is -0.187. The Hall–Kier alpha value is -1.60. The minimum atomic E-state index is -0.582. The van der Waals surface area contributed by atoms with Crippen LogP contribution in [0.3, 0.4) is 0 Å². The first-order valence-corrected chi connectivity index (χ1v) is 6.98. The maximum Gasteiger partial charge on any atom is 0.327 e. The zero-order chi connectivity index (χ0) is 16.0. The molecule has 0 aliphatic carbocycles. The summed E-state index contributed by atoms with van der Waals surface area (Å²) in [6.07, 6.45) is 1.92. The third-order valence-corrected chi connectivity index (χ3v) is 3.44. The molecule has 1 heterocycles. The molecule has 21 heavy (non-hydrogen) atoms. The van der Waals surface area contributed by atoms with Crippen LogP contribution >= 0.6 is 11.6 Å². The van der Waals surface area contributed by atoms with Gasteiger partial charge in [0.1, 0.15) is 11.6 Å². The number of ether oxygens (including phenoxy) is 1. The van der Waals surface area contributed by atoms with Crippen molar-refractivity contribution in [2.24, 2.45) is 5.92 Å². The van der Waals surface area contributed by atoms with Crippen LogP contribution < -0.4 is 10.9 Å². The second kappa shape index (κ2) is 7.99. The number of hydrogen-bond acceptors (Lipinski definition) is 6. The Bertz CT molecular complexity index is 545. The minimum absolute atomic E-state index is 0.0281. The van der Waals surface area contributed by atoms with Gasteiger partial charge in [-0.05, 0) is 12.3 Å². The summed E-state index contributed by atoms with van der Waals surface area (Å²) < 4.78 is 5.42. The molecule has 0 fully saturated rings. The van der Waals surface area contributed by atoms with Gasteiger partial charge in [0, 0.05) is 12.6 Å². The second-order valence-electron chi connectivity index (χ2n) is 4.92. The molecule has 1 atom stereocenters. The summed E-state index contributed by atoms with van der Waals surface area (Å²) >= 11 is 6.02. The predicted molar refractivity (Wildman–Crippen MR) is 79.5 cm³/mol. The average molecular weight is 318 g/mol. The number of halogens is 1. The molecule has 1 unspecified atom stereocenters. The maximum absolute atomic E-state index is 12.0. The number of esters is 1. The monoisotopic (exact) mass is 317 g/mol. The standard InChI is InChI=1S/C13H20ClN3O4/c1-8(2)9(4-5-18)16-10-6-15-17(7-11(19)21-3)13(20)12(10)14/h6,8-9,16,18H,4-5,7H2,1-3H3. The van der Waals surface area contributed by atoms with Crippen LogP contribution in [0.25, 0.3) is 0 Å².